The Morgan fingerprint density at radius 3 is 2.62 bits per heavy atom. The van der Waals surface area contributed by atoms with Crippen LogP contribution in [0.1, 0.15) is 29.9 Å². The molecule has 0 N–H and O–H groups in total. The molecule has 0 radical (unpaired) electrons. The molecule has 7 heteroatoms. The van der Waals surface area contributed by atoms with Crippen LogP contribution in [0.15, 0.2) is 16.9 Å². The van der Waals surface area contributed by atoms with Crippen molar-refractivity contribution in [2.75, 3.05) is 7.05 Å². The highest BCUT2D eigenvalue weighted by Crippen LogP contribution is 2.18. The first-order valence-corrected chi connectivity index (χ1v) is 7.54. The second-order valence-corrected chi connectivity index (χ2v) is 6.15. The van der Waals surface area contributed by atoms with Crippen LogP contribution in [-0.2, 0) is 18.4 Å². The standard InChI is InChI=1S/C14H20BrN5O/c1-9-13(15)8-20(17-9)11(3)14(21)18(4)7-12-6-16-19(5)10(12)2/h6,8,11H,7H2,1-5H3. The monoisotopic (exact) mass is 353 g/mol. The maximum Gasteiger partial charge on any atom is 0.247 e. The van der Waals surface area contributed by atoms with E-state index in [1.807, 2.05) is 38.7 Å². The number of hydrogen-bond donors (Lipinski definition) is 0. The lowest BCUT2D eigenvalue weighted by Gasteiger charge is -2.21. The van der Waals surface area contributed by atoms with Gasteiger partial charge in [0.05, 0.1) is 16.4 Å². The molecule has 114 valence electrons. The predicted octanol–water partition coefficient (Wildman–Crippen LogP) is 2.22. The molecular formula is C14H20BrN5O. The summed E-state index contributed by atoms with van der Waals surface area (Å²) in [5, 5.41) is 8.55. The van der Waals surface area contributed by atoms with Gasteiger partial charge < -0.3 is 4.90 Å². The zero-order valence-corrected chi connectivity index (χ0v) is 14.5. The molecule has 0 fully saturated rings. The summed E-state index contributed by atoms with van der Waals surface area (Å²) < 4.78 is 4.41. The number of nitrogens with zero attached hydrogens (tertiary/aromatic N) is 5. The van der Waals surface area contributed by atoms with Crippen LogP contribution >= 0.6 is 15.9 Å². The summed E-state index contributed by atoms with van der Waals surface area (Å²) in [7, 11) is 3.70. The molecular weight excluding hydrogens is 334 g/mol. The van der Waals surface area contributed by atoms with Crippen molar-refractivity contribution in [1.29, 1.82) is 0 Å². The third kappa shape index (κ3) is 3.18. The van der Waals surface area contributed by atoms with E-state index in [0.29, 0.717) is 6.54 Å². The Bertz CT molecular complexity index is 641. The minimum Gasteiger partial charge on any atom is -0.339 e. The molecule has 6 nitrogen and oxygen atoms in total. The number of aromatic nitrogens is 4. The average Bonchev–Trinajstić information content (AvgIpc) is 2.94. The van der Waals surface area contributed by atoms with Crippen molar-refractivity contribution in [1.82, 2.24) is 24.5 Å². The first-order chi connectivity index (χ1) is 9.81. The van der Waals surface area contributed by atoms with Gasteiger partial charge in [0.1, 0.15) is 6.04 Å². The molecule has 0 aromatic carbocycles. The van der Waals surface area contributed by atoms with Gasteiger partial charge >= 0.3 is 0 Å². The fraction of sp³-hybridized carbons (Fsp3) is 0.500. The van der Waals surface area contributed by atoms with Gasteiger partial charge in [0, 0.05) is 38.1 Å². The molecule has 0 spiro atoms. The van der Waals surface area contributed by atoms with Gasteiger partial charge in [-0.25, -0.2) is 0 Å². The molecule has 1 amide bonds. The first kappa shape index (κ1) is 15.8. The Kier molecular flexibility index (Phi) is 4.51. The van der Waals surface area contributed by atoms with Gasteiger partial charge in [-0.2, -0.15) is 10.2 Å². The minimum atomic E-state index is -0.336. The van der Waals surface area contributed by atoms with Gasteiger partial charge in [0.2, 0.25) is 5.91 Å². The molecule has 2 aromatic heterocycles. The number of carbonyl (C=O) groups excluding carboxylic acids is 1. The fourth-order valence-corrected chi connectivity index (χ4v) is 2.41. The van der Waals surface area contributed by atoms with Crippen LogP contribution < -0.4 is 0 Å². The van der Waals surface area contributed by atoms with Gasteiger partial charge in [-0.1, -0.05) is 0 Å². The highest BCUT2D eigenvalue weighted by atomic mass is 79.9. The molecule has 0 bridgehead atoms. The summed E-state index contributed by atoms with van der Waals surface area (Å²) in [6.07, 6.45) is 3.64. The molecule has 1 unspecified atom stereocenters. The van der Waals surface area contributed by atoms with Gasteiger partial charge in [0.25, 0.3) is 0 Å². The summed E-state index contributed by atoms with van der Waals surface area (Å²) in [5.41, 5.74) is 3.00. The number of halogens is 1. The zero-order valence-electron chi connectivity index (χ0n) is 13.0. The topological polar surface area (TPSA) is 56.0 Å². The van der Waals surface area contributed by atoms with Gasteiger partial charge in [-0.15, -0.1) is 0 Å². The van der Waals surface area contributed by atoms with E-state index in [4.69, 9.17) is 0 Å². The summed E-state index contributed by atoms with van der Waals surface area (Å²) in [5.74, 6) is 0.0215. The molecule has 1 atom stereocenters. The Morgan fingerprint density at radius 1 is 1.48 bits per heavy atom. The number of likely N-dealkylation sites (N-methyl/N-ethyl adjacent to an activating group) is 1. The number of carbonyl (C=O) groups is 1. The predicted molar refractivity (Wildman–Crippen MR) is 83.8 cm³/mol. The molecule has 0 aliphatic carbocycles. The van der Waals surface area contributed by atoms with Crippen LogP contribution in [0.5, 0.6) is 0 Å². The highest BCUT2D eigenvalue weighted by Gasteiger charge is 2.21. The summed E-state index contributed by atoms with van der Waals surface area (Å²) in [6, 6.07) is -0.336. The quantitative estimate of drug-likeness (QED) is 0.846. The van der Waals surface area contributed by atoms with Crippen molar-refractivity contribution in [2.45, 2.75) is 33.4 Å². The van der Waals surface area contributed by atoms with Gasteiger partial charge in [0.15, 0.2) is 0 Å². The van der Waals surface area contributed by atoms with E-state index in [0.717, 1.165) is 21.4 Å². The Balaban J connectivity index is 2.10. The van der Waals surface area contributed by atoms with Crippen molar-refractivity contribution >= 4 is 21.8 Å². The lowest BCUT2D eigenvalue weighted by Crippen LogP contribution is -2.33. The molecule has 2 heterocycles. The molecule has 0 aliphatic rings. The number of aryl methyl sites for hydroxylation is 2. The molecule has 21 heavy (non-hydrogen) atoms. The fourth-order valence-electron chi connectivity index (χ4n) is 2.12. The van der Waals surface area contributed by atoms with Crippen molar-refractivity contribution < 1.29 is 4.79 Å². The molecule has 0 saturated carbocycles. The van der Waals surface area contributed by atoms with Crippen molar-refractivity contribution in [3.8, 4) is 0 Å². The van der Waals surface area contributed by atoms with E-state index in [1.54, 1.807) is 22.8 Å². The smallest absolute Gasteiger partial charge is 0.247 e. The van der Waals surface area contributed by atoms with E-state index in [-0.39, 0.29) is 11.9 Å². The van der Waals surface area contributed by atoms with Gasteiger partial charge in [-0.3, -0.25) is 14.2 Å². The molecule has 2 aromatic rings. The third-order valence-corrected chi connectivity index (χ3v) is 4.51. The van der Waals surface area contributed by atoms with Gasteiger partial charge in [-0.05, 0) is 36.7 Å². The third-order valence-electron chi connectivity index (χ3n) is 3.73. The Labute approximate surface area is 132 Å². The second kappa shape index (κ2) is 6.01. The molecule has 2 rings (SSSR count). The molecule has 0 aliphatic heterocycles. The maximum atomic E-state index is 12.5. The van der Waals surface area contributed by atoms with Crippen LogP contribution in [-0.4, -0.2) is 37.4 Å². The number of amides is 1. The second-order valence-electron chi connectivity index (χ2n) is 5.29. The average molecular weight is 354 g/mol. The normalized spacial score (nSPS) is 12.5. The lowest BCUT2D eigenvalue weighted by molar-refractivity contribution is -0.133. The van der Waals surface area contributed by atoms with Crippen molar-refractivity contribution in [3.05, 3.63) is 33.8 Å². The Morgan fingerprint density at radius 2 is 2.14 bits per heavy atom. The van der Waals surface area contributed by atoms with E-state index in [2.05, 4.69) is 26.1 Å². The maximum absolute atomic E-state index is 12.5. The SMILES string of the molecule is Cc1nn(C(C)C(=O)N(C)Cc2cnn(C)c2C)cc1Br. The number of hydrogen-bond acceptors (Lipinski definition) is 3. The van der Waals surface area contributed by atoms with Crippen molar-refractivity contribution in [2.24, 2.45) is 7.05 Å². The highest BCUT2D eigenvalue weighted by molar-refractivity contribution is 9.10. The van der Waals surface area contributed by atoms with Crippen molar-refractivity contribution in [3.63, 3.8) is 0 Å². The summed E-state index contributed by atoms with van der Waals surface area (Å²) in [4.78, 5) is 14.2. The van der Waals surface area contributed by atoms with E-state index >= 15 is 0 Å². The largest absolute Gasteiger partial charge is 0.339 e. The van der Waals surface area contributed by atoms with Crippen LogP contribution in [0.3, 0.4) is 0 Å². The zero-order chi connectivity index (χ0) is 15.7. The Hall–Kier alpha value is -1.63. The van der Waals surface area contributed by atoms with E-state index in [9.17, 15) is 4.79 Å². The van der Waals surface area contributed by atoms with E-state index < -0.39 is 0 Å². The van der Waals surface area contributed by atoms with Crippen LogP contribution in [0.4, 0.5) is 0 Å². The molecule has 0 saturated heterocycles. The van der Waals surface area contributed by atoms with E-state index in [1.165, 1.54) is 0 Å². The van der Waals surface area contributed by atoms with Crippen LogP contribution in [0.2, 0.25) is 0 Å². The number of rotatable bonds is 4. The summed E-state index contributed by atoms with van der Waals surface area (Å²) >= 11 is 3.42. The summed E-state index contributed by atoms with van der Waals surface area (Å²) in [6.45, 7) is 6.30. The van der Waals surface area contributed by atoms with Crippen LogP contribution in [0.25, 0.3) is 0 Å². The minimum absolute atomic E-state index is 0.0215. The van der Waals surface area contributed by atoms with Crippen LogP contribution in [0, 0.1) is 13.8 Å². The lowest BCUT2D eigenvalue weighted by atomic mass is 10.2. The first-order valence-electron chi connectivity index (χ1n) is 6.75.